The summed E-state index contributed by atoms with van der Waals surface area (Å²) >= 11 is 0. The molecule has 0 saturated heterocycles. The van der Waals surface area contributed by atoms with E-state index in [1.54, 1.807) is 0 Å². The number of anilines is 2. The predicted molar refractivity (Wildman–Crippen MR) is 64.4 cm³/mol. The first-order valence-electron chi connectivity index (χ1n) is 5.87. The van der Waals surface area contributed by atoms with Crippen LogP contribution in [0.5, 0.6) is 0 Å². The maximum atomic E-state index is 12.1. The Bertz CT molecular complexity index is 463. The molecule has 0 aromatic heterocycles. The van der Waals surface area contributed by atoms with Crippen LogP contribution in [0.2, 0.25) is 0 Å². The van der Waals surface area contributed by atoms with Crippen molar-refractivity contribution >= 4 is 17.3 Å². The standard InChI is InChI=1S/C13H16N2O/c1-8-6-11(14)7-10-4-5-15(12(8)10)13(16)9-2-3-9/h6-7,9H,2-5,14H2,1H3. The Morgan fingerprint density at radius 3 is 2.88 bits per heavy atom. The fourth-order valence-electron chi connectivity index (χ4n) is 2.57. The van der Waals surface area contributed by atoms with E-state index >= 15 is 0 Å². The third kappa shape index (κ3) is 1.39. The average molecular weight is 216 g/mol. The van der Waals surface area contributed by atoms with Crippen molar-refractivity contribution in [3.63, 3.8) is 0 Å². The Morgan fingerprint density at radius 2 is 2.19 bits per heavy atom. The molecule has 2 N–H and O–H groups in total. The fourth-order valence-corrected chi connectivity index (χ4v) is 2.57. The van der Waals surface area contributed by atoms with E-state index < -0.39 is 0 Å². The molecule has 0 unspecified atom stereocenters. The van der Waals surface area contributed by atoms with E-state index in [4.69, 9.17) is 5.73 Å². The van der Waals surface area contributed by atoms with E-state index in [0.29, 0.717) is 11.8 Å². The van der Waals surface area contributed by atoms with E-state index in [0.717, 1.165) is 42.7 Å². The van der Waals surface area contributed by atoms with Crippen molar-refractivity contribution in [2.75, 3.05) is 17.2 Å². The summed E-state index contributed by atoms with van der Waals surface area (Å²) in [7, 11) is 0. The summed E-state index contributed by atoms with van der Waals surface area (Å²) in [5, 5.41) is 0. The molecule has 0 atom stereocenters. The molecule has 1 aromatic carbocycles. The number of nitrogens with two attached hydrogens (primary N) is 1. The topological polar surface area (TPSA) is 46.3 Å². The van der Waals surface area contributed by atoms with E-state index in [2.05, 4.69) is 0 Å². The summed E-state index contributed by atoms with van der Waals surface area (Å²) < 4.78 is 0. The molecule has 2 aliphatic rings. The van der Waals surface area contributed by atoms with Gasteiger partial charge in [0, 0.05) is 23.8 Å². The van der Waals surface area contributed by atoms with E-state index in [1.165, 1.54) is 5.56 Å². The molecule has 1 heterocycles. The molecule has 3 heteroatoms. The van der Waals surface area contributed by atoms with Gasteiger partial charge in [-0.05, 0) is 49.4 Å². The van der Waals surface area contributed by atoms with Crippen LogP contribution in [0.4, 0.5) is 11.4 Å². The van der Waals surface area contributed by atoms with Gasteiger partial charge in [0.25, 0.3) is 0 Å². The molecule has 1 aliphatic carbocycles. The van der Waals surface area contributed by atoms with Crippen LogP contribution in [-0.4, -0.2) is 12.5 Å². The van der Waals surface area contributed by atoms with Crippen molar-refractivity contribution in [3.8, 4) is 0 Å². The smallest absolute Gasteiger partial charge is 0.230 e. The van der Waals surface area contributed by atoms with Crippen LogP contribution < -0.4 is 10.6 Å². The van der Waals surface area contributed by atoms with Crippen LogP contribution in [0.3, 0.4) is 0 Å². The Balaban J connectivity index is 2.01. The van der Waals surface area contributed by atoms with Gasteiger partial charge in [-0.3, -0.25) is 4.79 Å². The molecule has 3 nitrogen and oxygen atoms in total. The lowest BCUT2D eigenvalue weighted by atomic mass is 10.1. The third-order valence-corrected chi connectivity index (χ3v) is 3.47. The van der Waals surface area contributed by atoms with Crippen molar-refractivity contribution in [2.24, 2.45) is 5.92 Å². The fraction of sp³-hybridized carbons (Fsp3) is 0.462. The Kier molecular flexibility index (Phi) is 1.96. The minimum absolute atomic E-state index is 0.294. The van der Waals surface area contributed by atoms with Gasteiger partial charge >= 0.3 is 0 Å². The maximum Gasteiger partial charge on any atom is 0.230 e. The zero-order valence-electron chi connectivity index (χ0n) is 9.49. The van der Waals surface area contributed by atoms with Crippen molar-refractivity contribution in [3.05, 3.63) is 23.3 Å². The molecular formula is C13H16N2O. The molecular weight excluding hydrogens is 200 g/mol. The summed E-state index contributed by atoms with van der Waals surface area (Å²) in [4.78, 5) is 14.1. The van der Waals surface area contributed by atoms with Crippen molar-refractivity contribution in [1.29, 1.82) is 0 Å². The van der Waals surface area contributed by atoms with Crippen LogP contribution in [0.25, 0.3) is 0 Å². The summed E-state index contributed by atoms with van der Waals surface area (Å²) in [6.45, 7) is 2.86. The summed E-state index contributed by atoms with van der Waals surface area (Å²) in [6.07, 6.45) is 3.08. The van der Waals surface area contributed by atoms with Gasteiger partial charge in [-0.25, -0.2) is 0 Å². The van der Waals surface area contributed by atoms with E-state index in [1.807, 2.05) is 24.0 Å². The van der Waals surface area contributed by atoms with Gasteiger partial charge in [0.15, 0.2) is 0 Å². The number of hydrogen-bond acceptors (Lipinski definition) is 2. The highest BCUT2D eigenvalue weighted by Crippen LogP contribution is 2.38. The molecule has 0 spiro atoms. The number of carbonyl (C=O) groups excluding carboxylic acids is 1. The van der Waals surface area contributed by atoms with Gasteiger partial charge in [0.1, 0.15) is 0 Å². The summed E-state index contributed by atoms with van der Waals surface area (Å²) in [5.74, 6) is 0.606. The largest absolute Gasteiger partial charge is 0.399 e. The highest BCUT2D eigenvalue weighted by atomic mass is 16.2. The lowest BCUT2D eigenvalue weighted by Crippen LogP contribution is -2.30. The van der Waals surface area contributed by atoms with E-state index in [-0.39, 0.29) is 0 Å². The van der Waals surface area contributed by atoms with E-state index in [9.17, 15) is 4.79 Å². The number of rotatable bonds is 1. The second kappa shape index (κ2) is 3.24. The first-order valence-corrected chi connectivity index (χ1v) is 5.87. The number of carbonyl (C=O) groups is 1. The number of hydrogen-bond donors (Lipinski definition) is 1. The quantitative estimate of drug-likeness (QED) is 0.728. The Labute approximate surface area is 95.2 Å². The van der Waals surface area contributed by atoms with Gasteiger partial charge in [-0.2, -0.15) is 0 Å². The van der Waals surface area contributed by atoms with Gasteiger partial charge in [0.2, 0.25) is 5.91 Å². The van der Waals surface area contributed by atoms with Gasteiger partial charge in [-0.1, -0.05) is 0 Å². The predicted octanol–water partition coefficient (Wildman–Crippen LogP) is 1.88. The minimum atomic E-state index is 0.294. The number of benzene rings is 1. The first-order chi connectivity index (χ1) is 7.66. The third-order valence-electron chi connectivity index (χ3n) is 3.47. The number of nitrogen functional groups attached to an aromatic ring is 1. The molecule has 0 radical (unpaired) electrons. The number of nitrogens with zero attached hydrogens (tertiary/aromatic N) is 1. The Hall–Kier alpha value is -1.51. The lowest BCUT2D eigenvalue weighted by molar-refractivity contribution is -0.119. The highest BCUT2D eigenvalue weighted by Gasteiger charge is 2.37. The van der Waals surface area contributed by atoms with Gasteiger partial charge in [-0.15, -0.1) is 0 Å². The number of fused-ring (bicyclic) bond motifs is 1. The number of aryl methyl sites for hydroxylation is 1. The monoisotopic (exact) mass is 216 g/mol. The zero-order valence-corrected chi connectivity index (χ0v) is 9.49. The second-order valence-electron chi connectivity index (χ2n) is 4.86. The molecule has 84 valence electrons. The maximum absolute atomic E-state index is 12.1. The molecule has 1 saturated carbocycles. The zero-order chi connectivity index (χ0) is 11.3. The second-order valence-corrected chi connectivity index (χ2v) is 4.86. The highest BCUT2D eigenvalue weighted by molar-refractivity contribution is 5.99. The molecule has 1 fully saturated rings. The minimum Gasteiger partial charge on any atom is -0.399 e. The molecule has 1 aromatic rings. The average Bonchev–Trinajstić information content (AvgIpc) is 2.98. The molecule has 0 bridgehead atoms. The van der Waals surface area contributed by atoms with Gasteiger partial charge in [0.05, 0.1) is 0 Å². The summed E-state index contributed by atoms with van der Waals surface area (Å²) in [5.41, 5.74) is 10.1. The molecule has 1 aliphatic heterocycles. The first kappa shape index (κ1) is 9.70. The molecule has 1 amide bonds. The SMILES string of the molecule is Cc1cc(N)cc2c1N(C(=O)C1CC1)CC2. The lowest BCUT2D eigenvalue weighted by Gasteiger charge is -2.19. The van der Waals surface area contributed by atoms with Crippen LogP contribution in [0.1, 0.15) is 24.0 Å². The molecule has 3 rings (SSSR count). The normalized spacial score (nSPS) is 18.7. The van der Waals surface area contributed by atoms with Crippen LogP contribution in [0.15, 0.2) is 12.1 Å². The van der Waals surface area contributed by atoms with Crippen molar-refractivity contribution in [2.45, 2.75) is 26.2 Å². The van der Waals surface area contributed by atoms with Crippen LogP contribution in [0, 0.1) is 12.8 Å². The van der Waals surface area contributed by atoms with Crippen LogP contribution in [-0.2, 0) is 11.2 Å². The molecule has 16 heavy (non-hydrogen) atoms. The summed E-state index contributed by atoms with van der Waals surface area (Å²) in [6, 6.07) is 3.96. The van der Waals surface area contributed by atoms with Crippen molar-refractivity contribution in [1.82, 2.24) is 0 Å². The van der Waals surface area contributed by atoms with Crippen LogP contribution >= 0.6 is 0 Å². The Morgan fingerprint density at radius 1 is 1.44 bits per heavy atom. The number of amides is 1. The van der Waals surface area contributed by atoms with Gasteiger partial charge < -0.3 is 10.6 Å². The van der Waals surface area contributed by atoms with Crippen molar-refractivity contribution < 1.29 is 4.79 Å².